The third kappa shape index (κ3) is 3.10. The second-order valence-corrected chi connectivity index (χ2v) is 5.73. The van der Waals surface area contributed by atoms with Crippen molar-refractivity contribution in [3.8, 4) is 5.75 Å². The van der Waals surface area contributed by atoms with Crippen LogP contribution < -0.4 is 10.5 Å². The van der Waals surface area contributed by atoms with E-state index in [1.807, 2.05) is 24.3 Å². The summed E-state index contributed by atoms with van der Waals surface area (Å²) in [6, 6.07) is 10.2. The molecule has 0 saturated heterocycles. The van der Waals surface area contributed by atoms with Gasteiger partial charge in [0.25, 0.3) is 0 Å². The molecule has 1 aliphatic rings. The molecule has 1 aromatic carbocycles. The summed E-state index contributed by atoms with van der Waals surface area (Å²) in [6.45, 7) is 0.600. The van der Waals surface area contributed by atoms with Crippen molar-refractivity contribution in [2.45, 2.75) is 38.1 Å². The lowest BCUT2D eigenvalue weighted by molar-refractivity contribution is 0.214. The van der Waals surface area contributed by atoms with Gasteiger partial charge < -0.3 is 10.5 Å². The van der Waals surface area contributed by atoms with E-state index >= 15 is 0 Å². The van der Waals surface area contributed by atoms with Gasteiger partial charge in [0.05, 0.1) is 5.52 Å². The Morgan fingerprint density at radius 1 is 1.20 bits per heavy atom. The third-order valence-electron chi connectivity index (χ3n) is 4.28. The van der Waals surface area contributed by atoms with E-state index in [0.29, 0.717) is 12.5 Å². The number of hydrogen-bond donors (Lipinski definition) is 1. The summed E-state index contributed by atoms with van der Waals surface area (Å²) < 4.78 is 5.86. The minimum atomic E-state index is 0.148. The fourth-order valence-corrected chi connectivity index (χ4v) is 3.03. The maximum absolute atomic E-state index is 6.27. The van der Waals surface area contributed by atoms with Crippen molar-refractivity contribution in [2.75, 3.05) is 6.61 Å². The van der Waals surface area contributed by atoms with Crippen LogP contribution in [0.15, 0.2) is 36.5 Å². The second kappa shape index (κ2) is 6.23. The van der Waals surface area contributed by atoms with Crippen LogP contribution >= 0.6 is 0 Å². The highest BCUT2D eigenvalue weighted by molar-refractivity contribution is 5.79. The molecule has 1 atom stereocenters. The minimum Gasteiger partial charge on any atom is -0.492 e. The van der Waals surface area contributed by atoms with E-state index < -0.39 is 0 Å². The number of rotatable bonds is 4. The molecule has 1 heterocycles. The first-order valence-corrected chi connectivity index (χ1v) is 7.56. The fourth-order valence-electron chi connectivity index (χ4n) is 3.03. The highest BCUT2D eigenvalue weighted by Crippen LogP contribution is 2.26. The van der Waals surface area contributed by atoms with Crippen LogP contribution in [-0.4, -0.2) is 17.6 Å². The minimum absolute atomic E-state index is 0.148. The average molecular weight is 270 g/mol. The molecule has 3 rings (SSSR count). The van der Waals surface area contributed by atoms with Crippen molar-refractivity contribution in [1.29, 1.82) is 0 Å². The molecule has 0 aliphatic heterocycles. The standard InChI is InChI=1S/C17H22N2O/c18-16(13-5-2-1-3-6-13)12-20-15-9-8-14-7-4-10-19-17(14)11-15/h4,7-11,13,16H,1-3,5-6,12,18H2. The summed E-state index contributed by atoms with van der Waals surface area (Å²) in [6.07, 6.45) is 8.31. The number of ether oxygens (including phenoxy) is 1. The van der Waals surface area contributed by atoms with Crippen molar-refractivity contribution in [3.63, 3.8) is 0 Å². The van der Waals surface area contributed by atoms with Crippen LogP contribution in [-0.2, 0) is 0 Å². The molecule has 20 heavy (non-hydrogen) atoms. The molecular formula is C17H22N2O. The van der Waals surface area contributed by atoms with Gasteiger partial charge in [0, 0.05) is 23.7 Å². The Morgan fingerprint density at radius 2 is 2.05 bits per heavy atom. The zero-order valence-corrected chi connectivity index (χ0v) is 11.8. The molecular weight excluding hydrogens is 248 g/mol. The molecule has 106 valence electrons. The molecule has 1 saturated carbocycles. The van der Waals surface area contributed by atoms with E-state index in [0.717, 1.165) is 16.7 Å². The van der Waals surface area contributed by atoms with Gasteiger partial charge in [-0.05, 0) is 37.0 Å². The van der Waals surface area contributed by atoms with Crippen LogP contribution in [0, 0.1) is 5.92 Å². The first-order valence-electron chi connectivity index (χ1n) is 7.56. The topological polar surface area (TPSA) is 48.1 Å². The van der Waals surface area contributed by atoms with Crippen molar-refractivity contribution >= 4 is 10.9 Å². The van der Waals surface area contributed by atoms with Crippen LogP contribution in [0.4, 0.5) is 0 Å². The van der Waals surface area contributed by atoms with Gasteiger partial charge in [0.1, 0.15) is 12.4 Å². The number of nitrogens with two attached hydrogens (primary N) is 1. The molecule has 1 unspecified atom stereocenters. The molecule has 0 bridgehead atoms. The van der Waals surface area contributed by atoms with E-state index in [-0.39, 0.29) is 6.04 Å². The lowest BCUT2D eigenvalue weighted by atomic mass is 9.84. The Hall–Kier alpha value is -1.61. The smallest absolute Gasteiger partial charge is 0.121 e. The van der Waals surface area contributed by atoms with Crippen LogP contribution in [0.1, 0.15) is 32.1 Å². The van der Waals surface area contributed by atoms with Gasteiger partial charge in [-0.2, -0.15) is 0 Å². The third-order valence-corrected chi connectivity index (χ3v) is 4.28. The molecule has 0 amide bonds. The lowest BCUT2D eigenvalue weighted by Gasteiger charge is -2.27. The van der Waals surface area contributed by atoms with E-state index in [9.17, 15) is 0 Å². The predicted octanol–water partition coefficient (Wildman–Crippen LogP) is 3.52. The van der Waals surface area contributed by atoms with Gasteiger partial charge in [-0.15, -0.1) is 0 Å². The van der Waals surface area contributed by atoms with Crippen molar-refractivity contribution in [1.82, 2.24) is 4.98 Å². The Morgan fingerprint density at radius 3 is 2.90 bits per heavy atom. The first-order chi connectivity index (χ1) is 9.83. The summed E-state index contributed by atoms with van der Waals surface area (Å²) in [7, 11) is 0. The number of nitrogens with zero attached hydrogens (tertiary/aromatic N) is 1. The molecule has 0 radical (unpaired) electrons. The van der Waals surface area contributed by atoms with Gasteiger partial charge in [0.2, 0.25) is 0 Å². The molecule has 1 aromatic heterocycles. The zero-order chi connectivity index (χ0) is 13.8. The van der Waals surface area contributed by atoms with Crippen molar-refractivity contribution < 1.29 is 4.74 Å². The molecule has 1 aliphatic carbocycles. The summed E-state index contributed by atoms with van der Waals surface area (Å²) in [5.41, 5.74) is 7.24. The fraction of sp³-hybridized carbons (Fsp3) is 0.471. The predicted molar refractivity (Wildman–Crippen MR) is 81.8 cm³/mol. The highest BCUT2D eigenvalue weighted by atomic mass is 16.5. The van der Waals surface area contributed by atoms with E-state index in [2.05, 4.69) is 11.1 Å². The number of hydrogen-bond acceptors (Lipinski definition) is 3. The molecule has 3 heteroatoms. The quantitative estimate of drug-likeness (QED) is 0.924. The summed E-state index contributed by atoms with van der Waals surface area (Å²) in [5.74, 6) is 1.49. The largest absolute Gasteiger partial charge is 0.492 e. The van der Waals surface area contributed by atoms with Gasteiger partial charge in [-0.25, -0.2) is 0 Å². The lowest BCUT2D eigenvalue weighted by Crippen LogP contribution is -2.37. The molecule has 2 N–H and O–H groups in total. The second-order valence-electron chi connectivity index (χ2n) is 5.73. The Balaban J connectivity index is 1.61. The Bertz CT molecular complexity index is 564. The molecule has 3 nitrogen and oxygen atoms in total. The highest BCUT2D eigenvalue weighted by Gasteiger charge is 2.20. The SMILES string of the molecule is NC(COc1ccc2cccnc2c1)C1CCCCC1. The number of fused-ring (bicyclic) bond motifs is 1. The van der Waals surface area contributed by atoms with Crippen LogP contribution in [0.25, 0.3) is 10.9 Å². The Kier molecular flexibility index (Phi) is 4.16. The molecule has 2 aromatic rings. The van der Waals surface area contributed by atoms with Crippen LogP contribution in [0.2, 0.25) is 0 Å². The normalized spacial score (nSPS) is 18.1. The summed E-state index contributed by atoms with van der Waals surface area (Å²) >= 11 is 0. The summed E-state index contributed by atoms with van der Waals surface area (Å²) in [5, 5.41) is 1.14. The van der Waals surface area contributed by atoms with Crippen LogP contribution in [0.3, 0.4) is 0 Å². The molecule has 1 fully saturated rings. The maximum Gasteiger partial charge on any atom is 0.121 e. The van der Waals surface area contributed by atoms with Gasteiger partial charge in [-0.1, -0.05) is 25.3 Å². The number of benzene rings is 1. The number of aromatic nitrogens is 1. The number of pyridine rings is 1. The van der Waals surface area contributed by atoms with Crippen molar-refractivity contribution in [2.24, 2.45) is 11.7 Å². The maximum atomic E-state index is 6.27. The summed E-state index contributed by atoms with van der Waals surface area (Å²) in [4.78, 5) is 4.35. The van der Waals surface area contributed by atoms with E-state index in [1.165, 1.54) is 32.1 Å². The monoisotopic (exact) mass is 270 g/mol. The molecule has 0 spiro atoms. The van der Waals surface area contributed by atoms with E-state index in [4.69, 9.17) is 10.5 Å². The zero-order valence-electron chi connectivity index (χ0n) is 11.8. The van der Waals surface area contributed by atoms with Gasteiger partial charge >= 0.3 is 0 Å². The van der Waals surface area contributed by atoms with Gasteiger partial charge in [-0.3, -0.25) is 4.98 Å². The Labute approximate surface area is 120 Å². The van der Waals surface area contributed by atoms with E-state index in [1.54, 1.807) is 6.20 Å². The van der Waals surface area contributed by atoms with Crippen LogP contribution in [0.5, 0.6) is 5.75 Å². The first kappa shape index (κ1) is 13.4. The average Bonchev–Trinajstić information content (AvgIpc) is 2.53. The van der Waals surface area contributed by atoms with Crippen molar-refractivity contribution in [3.05, 3.63) is 36.5 Å². The van der Waals surface area contributed by atoms with Gasteiger partial charge in [0.15, 0.2) is 0 Å².